The number of aromatic nitrogens is 2. The van der Waals surface area contributed by atoms with Crippen LogP contribution in [0.3, 0.4) is 0 Å². The Morgan fingerprint density at radius 2 is 2.33 bits per heavy atom. The Bertz CT molecular complexity index is 325. The predicted octanol–water partition coefficient (Wildman–Crippen LogP) is -0.899. The number of nitrogens with zero attached hydrogens (tertiary/aromatic N) is 3. The fourth-order valence-electron chi connectivity index (χ4n) is 1.10. The molecule has 0 atom stereocenters. The number of hydrogen-bond acceptors (Lipinski definition) is 6. The number of hydrogen-bond donors (Lipinski definition) is 2. The van der Waals surface area contributed by atoms with Gasteiger partial charge in [-0.3, -0.25) is 4.79 Å². The Balaban J connectivity index is 2.69. The average Bonchev–Trinajstić information content (AvgIpc) is 2.63. The van der Waals surface area contributed by atoms with Crippen molar-refractivity contribution < 1.29 is 9.21 Å². The van der Waals surface area contributed by atoms with Crippen molar-refractivity contribution in [1.29, 1.82) is 0 Å². The van der Waals surface area contributed by atoms with Gasteiger partial charge in [0.05, 0.1) is 6.54 Å². The minimum absolute atomic E-state index is 0.0810. The van der Waals surface area contributed by atoms with E-state index in [0.717, 1.165) is 0 Å². The number of carbonyl (C=O) groups excluding carboxylic acids is 1. The minimum atomic E-state index is -0.426. The van der Waals surface area contributed by atoms with Gasteiger partial charge in [0.2, 0.25) is 11.8 Å². The van der Waals surface area contributed by atoms with E-state index in [-0.39, 0.29) is 6.54 Å². The molecule has 1 heterocycles. The molecule has 0 saturated carbocycles. The molecule has 1 aromatic heterocycles. The highest BCUT2D eigenvalue weighted by molar-refractivity contribution is 5.78. The zero-order valence-corrected chi connectivity index (χ0v) is 8.86. The fourth-order valence-corrected chi connectivity index (χ4v) is 1.10. The highest BCUT2D eigenvalue weighted by Crippen LogP contribution is 2.10. The number of nitrogens with two attached hydrogens (primary N) is 1. The number of amides is 1. The van der Waals surface area contributed by atoms with Crippen LogP contribution in [0.25, 0.3) is 0 Å². The van der Waals surface area contributed by atoms with Gasteiger partial charge < -0.3 is 20.4 Å². The van der Waals surface area contributed by atoms with Crippen LogP contribution in [0.4, 0.5) is 6.01 Å². The van der Waals surface area contributed by atoms with Gasteiger partial charge in [0.25, 0.3) is 0 Å². The van der Waals surface area contributed by atoms with Gasteiger partial charge in [-0.05, 0) is 14.0 Å². The first-order valence-corrected chi connectivity index (χ1v) is 4.67. The molecule has 7 nitrogen and oxygen atoms in total. The van der Waals surface area contributed by atoms with Crippen LogP contribution in [0, 0.1) is 0 Å². The number of carbonyl (C=O) groups is 1. The molecule has 0 spiro atoms. The summed E-state index contributed by atoms with van der Waals surface area (Å²) in [5, 5.41) is 10.5. The van der Waals surface area contributed by atoms with E-state index in [1.807, 2.05) is 6.92 Å². The third kappa shape index (κ3) is 3.21. The van der Waals surface area contributed by atoms with Crippen molar-refractivity contribution in [2.24, 2.45) is 5.73 Å². The van der Waals surface area contributed by atoms with Gasteiger partial charge in [-0.15, -0.1) is 5.10 Å². The molecule has 0 unspecified atom stereocenters. The Hall–Kier alpha value is -1.63. The quantitative estimate of drug-likeness (QED) is 0.635. The van der Waals surface area contributed by atoms with E-state index < -0.39 is 5.91 Å². The maximum atomic E-state index is 10.8. The van der Waals surface area contributed by atoms with Crippen LogP contribution in [0.1, 0.15) is 12.8 Å². The van der Waals surface area contributed by atoms with Gasteiger partial charge in [-0.25, -0.2) is 0 Å². The van der Waals surface area contributed by atoms with Crippen molar-refractivity contribution >= 4 is 11.9 Å². The summed E-state index contributed by atoms with van der Waals surface area (Å²) in [6.45, 7) is 3.05. The lowest BCUT2D eigenvalue weighted by Crippen LogP contribution is -2.33. The summed E-state index contributed by atoms with van der Waals surface area (Å²) in [4.78, 5) is 12.4. The summed E-state index contributed by atoms with van der Waals surface area (Å²) in [5.41, 5.74) is 5.09. The largest absolute Gasteiger partial charge is 0.407 e. The Morgan fingerprint density at radius 3 is 2.87 bits per heavy atom. The minimum Gasteiger partial charge on any atom is -0.407 e. The SMILES string of the molecule is CCN(CC(N)=O)c1nnc(CNC)o1. The van der Waals surface area contributed by atoms with Crippen LogP contribution in [0.5, 0.6) is 0 Å². The van der Waals surface area contributed by atoms with Gasteiger partial charge in [0.1, 0.15) is 6.54 Å². The highest BCUT2D eigenvalue weighted by Gasteiger charge is 2.14. The Morgan fingerprint density at radius 1 is 1.60 bits per heavy atom. The second-order valence-corrected chi connectivity index (χ2v) is 2.99. The van der Waals surface area contributed by atoms with Crippen molar-refractivity contribution in [2.45, 2.75) is 13.5 Å². The summed E-state index contributed by atoms with van der Waals surface area (Å²) in [6.07, 6.45) is 0. The zero-order chi connectivity index (χ0) is 11.3. The first-order valence-electron chi connectivity index (χ1n) is 4.67. The summed E-state index contributed by atoms with van der Waals surface area (Å²) < 4.78 is 5.31. The molecule has 0 aromatic carbocycles. The van der Waals surface area contributed by atoms with E-state index in [1.54, 1.807) is 11.9 Å². The van der Waals surface area contributed by atoms with E-state index in [1.165, 1.54) is 0 Å². The number of anilines is 1. The monoisotopic (exact) mass is 213 g/mol. The third-order valence-electron chi connectivity index (χ3n) is 1.78. The van der Waals surface area contributed by atoms with E-state index in [0.29, 0.717) is 25.0 Å². The van der Waals surface area contributed by atoms with E-state index in [9.17, 15) is 4.79 Å². The maximum absolute atomic E-state index is 10.8. The van der Waals surface area contributed by atoms with Crippen LogP contribution < -0.4 is 16.0 Å². The topological polar surface area (TPSA) is 97.3 Å². The molecule has 84 valence electrons. The number of likely N-dealkylation sites (N-methyl/N-ethyl adjacent to an activating group) is 1. The Kier molecular flexibility index (Phi) is 4.04. The molecule has 0 fully saturated rings. The van der Waals surface area contributed by atoms with Crippen LogP contribution in [0.15, 0.2) is 4.42 Å². The molecule has 1 aromatic rings. The van der Waals surface area contributed by atoms with Crippen LogP contribution in [-0.2, 0) is 11.3 Å². The van der Waals surface area contributed by atoms with E-state index in [4.69, 9.17) is 10.2 Å². The van der Waals surface area contributed by atoms with Gasteiger partial charge >= 0.3 is 6.01 Å². The number of primary amides is 1. The molecule has 3 N–H and O–H groups in total. The standard InChI is InChI=1S/C8H15N5O2/c1-3-13(5-6(9)14)8-12-11-7(15-8)4-10-2/h10H,3-5H2,1-2H3,(H2,9,14). The molecule has 0 aliphatic heterocycles. The lowest BCUT2D eigenvalue weighted by molar-refractivity contribution is -0.116. The molecule has 15 heavy (non-hydrogen) atoms. The van der Waals surface area contributed by atoms with Crippen LogP contribution in [0.2, 0.25) is 0 Å². The third-order valence-corrected chi connectivity index (χ3v) is 1.78. The predicted molar refractivity (Wildman–Crippen MR) is 54.1 cm³/mol. The molecule has 0 aliphatic carbocycles. The molecular weight excluding hydrogens is 198 g/mol. The first-order chi connectivity index (χ1) is 7.17. The van der Waals surface area contributed by atoms with E-state index >= 15 is 0 Å². The molecule has 1 rings (SSSR count). The molecule has 1 amide bonds. The van der Waals surface area contributed by atoms with Crippen molar-refractivity contribution in [2.75, 3.05) is 25.0 Å². The second kappa shape index (κ2) is 5.30. The highest BCUT2D eigenvalue weighted by atomic mass is 16.4. The van der Waals surface area contributed by atoms with Crippen molar-refractivity contribution in [3.05, 3.63) is 5.89 Å². The van der Waals surface area contributed by atoms with Gasteiger partial charge in [0, 0.05) is 6.54 Å². The Labute approximate surface area is 87.6 Å². The van der Waals surface area contributed by atoms with Crippen LogP contribution in [-0.4, -0.2) is 36.2 Å². The molecular formula is C8H15N5O2. The molecule has 0 radical (unpaired) electrons. The number of nitrogens with one attached hydrogen (secondary N) is 1. The van der Waals surface area contributed by atoms with Crippen molar-refractivity contribution in [3.63, 3.8) is 0 Å². The smallest absolute Gasteiger partial charge is 0.318 e. The lowest BCUT2D eigenvalue weighted by Gasteiger charge is -2.14. The van der Waals surface area contributed by atoms with Crippen molar-refractivity contribution in [3.8, 4) is 0 Å². The van der Waals surface area contributed by atoms with Crippen LogP contribution >= 0.6 is 0 Å². The molecule has 0 bridgehead atoms. The van der Waals surface area contributed by atoms with E-state index in [2.05, 4.69) is 15.5 Å². The second-order valence-electron chi connectivity index (χ2n) is 2.99. The zero-order valence-electron chi connectivity index (χ0n) is 8.86. The molecule has 7 heteroatoms. The summed E-state index contributed by atoms with van der Waals surface area (Å²) in [5.74, 6) is 0.0561. The summed E-state index contributed by atoms with van der Waals surface area (Å²) >= 11 is 0. The summed E-state index contributed by atoms with van der Waals surface area (Å²) in [7, 11) is 1.78. The summed E-state index contributed by atoms with van der Waals surface area (Å²) in [6, 6.07) is 0.321. The molecule has 0 saturated heterocycles. The van der Waals surface area contributed by atoms with Gasteiger partial charge in [0.15, 0.2) is 0 Å². The fraction of sp³-hybridized carbons (Fsp3) is 0.625. The molecule has 0 aliphatic rings. The maximum Gasteiger partial charge on any atom is 0.318 e. The first kappa shape index (κ1) is 11.4. The number of rotatable bonds is 6. The van der Waals surface area contributed by atoms with Gasteiger partial charge in [-0.1, -0.05) is 5.10 Å². The average molecular weight is 213 g/mol. The van der Waals surface area contributed by atoms with Gasteiger partial charge in [-0.2, -0.15) is 0 Å². The van der Waals surface area contributed by atoms with Crippen molar-refractivity contribution in [1.82, 2.24) is 15.5 Å². The lowest BCUT2D eigenvalue weighted by atomic mass is 10.5. The normalized spacial score (nSPS) is 10.3.